The summed E-state index contributed by atoms with van der Waals surface area (Å²) in [5.74, 6) is 0.365. The zero-order valence-electron chi connectivity index (χ0n) is 13.2. The molecule has 1 aliphatic heterocycles. The van der Waals surface area contributed by atoms with E-state index in [1.54, 1.807) is 0 Å². The van der Waals surface area contributed by atoms with Crippen LogP contribution in [0.2, 0.25) is 0 Å². The summed E-state index contributed by atoms with van der Waals surface area (Å²) >= 11 is 0. The van der Waals surface area contributed by atoms with Crippen LogP contribution in [0.1, 0.15) is 5.56 Å². The third-order valence-corrected chi connectivity index (χ3v) is 3.81. The van der Waals surface area contributed by atoms with Crippen LogP contribution in [0.4, 0.5) is 11.6 Å². The van der Waals surface area contributed by atoms with Crippen LogP contribution < -0.4 is 5.32 Å². The maximum absolute atomic E-state index is 10.6. The average molecular weight is 329 g/mol. The number of benzene rings is 1. The van der Waals surface area contributed by atoms with Crippen molar-refractivity contribution in [3.63, 3.8) is 0 Å². The molecule has 0 bridgehead atoms. The Kier molecular flexibility index (Phi) is 5.29. The summed E-state index contributed by atoms with van der Waals surface area (Å²) in [7, 11) is 0. The van der Waals surface area contributed by atoms with E-state index in [1.165, 1.54) is 18.0 Å². The minimum absolute atomic E-state index is 0.0289. The van der Waals surface area contributed by atoms with Gasteiger partial charge in [0.25, 0.3) is 0 Å². The number of hydrogen-bond donors (Lipinski definition) is 1. The molecular weight excluding hydrogens is 310 g/mol. The summed E-state index contributed by atoms with van der Waals surface area (Å²) in [5, 5.41) is 13.7. The first-order chi connectivity index (χ1) is 11.7. The third-order valence-electron chi connectivity index (χ3n) is 3.81. The van der Waals surface area contributed by atoms with E-state index < -0.39 is 4.92 Å². The molecule has 24 heavy (non-hydrogen) atoms. The summed E-state index contributed by atoms with van der Waals surface area (Å²) in [6.45, 7) is 3.85. The number of ether oxygens (including phenoxy) is 1. The van der Waals surface area contributed by atoms with Gasteiger partial charge >= 0.3 is 5.69 Å². The van der Waals surface area contributed by atoms with Crippen LogP contribution in [-0.4, -0.2) is 52.1 Å². The lowest BCUT2D eigenvalue weighted by atomic mass is 10.2. The predicted molar refractivity (Wildman–Crippen MR) is 88.6 cm³/mol. The first kappa shape index (κ1) is 16.3. The fraction of sp³-hybridized carbons (Fsp3) is 0.375. The minimum Gasteiger partial charge on any atom is -0.374 e. The Bertz CT molecular complexity index is 665. The van der Waals surface area contributed by atoms with Gasteiger partial charge in [0.2, 0.25) is 5.95 Å². The van der Waals surface area contributed by atoms with E-state index in [0.29, 0.717) is 19.1 Å². The molecule has 8 heteroatoms. The fourth-order valence-corrected chi connectivity index (χ4v) is 2.60. The lowest BCUT2D eigenvalue weighted by molar-refractivity contribution is -0.385. The van der Waals surface area contributed by atoms with Gasteiger partial charge in [-0.2, -0.15) is 0 Å². The van der Waals surface area contributed by atoms with E-state index >= 15 is 0 Å². The first-order valence-corrected chi connectivity index (χ1v) is 7.79. The van der Waals surface area contributed by atoms with Crippen molar-refractivity contribution >= 4 is 11.6 Å². The highest BCUT2D eigenvalue weighted by Crippen LogP contribution is 2.12. The van der Waals surface area contributed by atoms with Crippen LogP contribution in [-0.2, 0) is 11.3 Å². The maximum atomic E-state index is 10.6. The van der Waals surface area contributed by atoms with Gasteiger partial charge in [-0.1, -0.05) is 30.3 Å². The molecule has 0 spiro atoms. The molecule has 0 amide bonds. The number of rotatable bonds is 6. The van der Waals surface area contributed by atoms with Crippen LogP contribution >= 0.6 is 0 Å². The van der Waals surface area contributed by atoms with Gasteiger partial charge in [0.05, 0.1) is 17.6 Å². The van der Waals surface area contributed by atoms with Crippen LogP contribution in [0.3, 0.4) is 0 Å². The van der Waals surface area contributed by atoms with Crippen LogP contribution in [0.15, 0.2) is 42.7 Å². The van der Waals surface area contributed by atoms with Gasteiger partial charge < -0.3 is 10.1 Å². The Hall–Kier alpha value is -2.58. The van der Waals surface area contributed by atoms with Crippen molar-refractivity contribution in [2.45, 2.75) is 12.6 Å². The van der Waals surface area contributed by atoms with Crippen molar-refractivity contribution in [1.82, 2.24) is 14.9 Å². The van der Waals surface area contributed by atoms with E-state index in [9.17, 15) is 10.1 Å². The first-order valence-electron chi connectivity index (χ1n) is 7.79. The molecule has 1 fully saturated rings. The largest absolute Gasteiger partial charge is 0.374 e. The van der Waals surface area contributed by atoms with Gasteiger partial charge in [-0.25, -0.2) is 9.97 Å². The smallest absolute Gasteiger partial charge is 0.305 e. The third kappa shape index (κ3) is 4.46. The highest BCUT2D eigenvalue weighted by Gasteiger charge is 2.20. The number of aromatic nitrogens is 2. The summed E-state index contributed by atoms with van der Waals surface area (Å²) in [4.78, 5) is 20.3. The predicted octanol–water partition coefficient (Wildman–Crippen LogP) is 1.70. The van der Waals surface area contributed by atoms with Crippen LogP contribution in [0, 0.1) is 10.1 Å². The topological polar surface area (TPSA) is 93.4 Å². The molecule has 1 aliphatic rings. The number of hydrogen-bond acceptors (Lipinski definition) is 7. The second kappa shape index (κ2) is 7.80. The van der Waals surface area contributed by atoms with Gasteiger partial charge in [0.15, 0.2) is 0 Å². The van der Waals surface area contributed by atoms with Crippen molar-refractivity contribution in [3.05, 3.63) is 58.4 Å². The van der Waals surface area contributed by atoms with Gasteiger partial charge in [0.1, 0.15) is 12.4 Å². The number of nitro groups is 1. The summed E-state index contributed by atoms with van der Waals surface area (Å²) in [6.07, 6.45) is 2.42. The summed E-state index contributed by atoms with van der Waals surface area (Å²) < 4.78 is 5.76. The van der Waals surface area contributed by atoms with Gasteiger partial charge in [-0.05, 0) is 5.56 Å². The zero-order chi connectivity index (χ0) is 16.8. The Balaban J connectivity index is 1.49. The molecule has 2 heterocycles. The Morgan fingerprint density at radius 2 is 2.04 bits per heavy atom. The molecule has 1 unspecified atom stereocenters. The molecule has 1 N–H and O–H groups in total. The minimum atomic E-state index is -0.518. The number of nitrogens with one attached hydrogen (secondary N) is 1. The fourth-order valence-electron chi connectivity index (χ4n) is 2.60. The van der Waals surface area contributed by atoms with E-state index in [4.69, 9.17) is 4.74 Å². The highest BCUT2D eigenvalue weighted by molar-refractivity contribution is 5.30. The lowest BCUT2D eigenvalue weighted by Gasteiger charge is -2.33. The van der Waals surface area contributed by atoms with Crippen molar-refractivity contribution in [1.29, 1.82) is 0 Å². The summed E-state index contributed by atoms with van der Waals surface area (Å²) in [6, 6.07) is 10.3. The molecule has 0 radical (unpaired) electrons. The molecule has 0 saturated carbocycles. The molecular formula is C16H19N5O3. The molecule has 1 atom stereocenters. The van der Waals surface area contributed by atoms with Gasteiger partial charge in [-0.3, -0.25) is 15.0 Å². The normalized spacial score (nSPS) is 18.2. The Labute approximate surface area is 139 Å². The quantitative estimate of drug-likeness (QED) is 0.637. The van der Waals surface area contributed by atoms with Gasteiger partial charge in [0, 0.05) is 26.2 Å². The van der Waals surface area contributed by atoms with Crippen molar-refractivity contribution < 1.29 is 9.66 Å². The van der Waals surface area contributed by atoms with Crippen molar-refractivity contribution in [3.8, 4) is 0 Å². The second-order valence-corrected chi connectivity index (χ2v) is 5.62. The molecule has 2 aromatic rings. The van der Waals surface area contributed by atoms with Gasteiger partial charge in [-0.15, -0.1) is 0 Å². The monoisotopic (exact) mass is 329 g/mol. The second-order valence-electron chi connectivity index (χ2n) is 5.62. The Morgan fingerprint density at radius 3 is 2.75 bits per heavy atom. The molecule has 126 valence electrons. The van der Waals surface area contributed by atoms with Crippen LogP contribution in [0.25, 0.3) is 0 Å². The summed E-state index contributed by atoms with van der Waals surface area (Å²) in [5.41, 5.74) is 1.16. The Morgan fingerprint density at radius 1 is 1.29 bits per heavy atom. The lowest BCUT2D eigenvalue weighted by Crippen LogP contribution is -2.44. The van der Waals surface area contributed by atoms with Crippen LogP contribution in [0.5, 0.6) is 0 Å². The molecule has 1 aromatic heterocycles. The van der Waals surface area contributed by atoms with E-state index in [-0.39, 0.29) is 11.8 Å². The molecule has 3 rings (SSSR count). The van der Waals surface area contributed by atoms with E-state index in [2.05, 4.69) is 32.3 Å². The van der Waals surface area contributed by atoms with Crippen molar-refractivity contribution in [2.24, 2.45) is 0 Å². The molecule has 1 aromatic carbocycles. The number of morpholine rings is 1. The molecule has 1 saturated heterocycles. The average Bonchev–Trinajstić information content (AvgIpc) is 2.61. The van der Waals surface area contributed by atoms with E-state index in [1.807, 2.05) is 18.2 Å². The molecule has 8 nitrogen and oxygen atoms in total. The zero-order valence-corrected chi connectivity index (χ0v) is 13.2. The number of nitrogens with zero attached hydrogens (tertiary/aromatic N) is 4. The SMILES string of the molecule is O=[N+]([O-])c1cnc(NCC2CN(Cc3ccccc3)CCO2)nc1. The molecule has 0 aliphatic carbocycles. The maximum Gasteiger partial charge on any atom is 0.305 e. The standard InChI is InChI=1S/C16H19N5O3/c22-21(23)14-8-17-16(18-9-14)19-10-15-12-20(6-7-24-15)11-13-4-2-1-3-5-13/h1-5,8-9,15H,6-7,10-12H2,(H,17,18,19). The number of anilines is 1. The highest BCUT2D eigenvalue weighted by atomic mass is 16.6. The van der Waals surface area contributed by atoms with E-state index in [0.717, 1.165) is 19.6 Å². The van der Waals surface area contributed by atoms with Crippen molar-refractivity contribution in [2.75, 3.05) is 31.6 Å².